The summed E-state index contributed by atoms with van der Waals surface area (Å²) in [4.78, 5) is 13.5. The van der Waals surface area contributed by atoms with Crippen LogP contribution in [0.1, 0.15) is 15.1 Å². The molecule has 0 bridgehead atoms. The molecule has 206 valence electrons. The van der Waals surface area contributed by atoms with Crippen LogP contribution < -0.4 is 0 Å². The highest BCUT2D eigenvalue weighted by molar-refractivity contribution is 6.15. The van der Waals surface area contributed by atoms with E-state index < -0.39 is 60.4 Å². The Bertz CT molecular complexity index is 3100. The lowest BCUT2D eigenvalue weighted by atomic mass is 10.00. The number of rotatable bonds is 4. The largest absolute Gasteiger partial charge is 0.455 e. The van der Waals surface area contributed by atoms with E-state index in [4.69, 9.17) is 19.8 Å². The number of furan rings is 2. The highest BCUT2D eigenvalue weighted by Gasteiger charge is 2.18. The molecule has 5 nitrogen and oxygen atoms in total. The van der Waals surface area contributed by atoms with Crippen molar-refractivity contribution in [2.24, 2.45) is 0 Å². The molecule has 0 N–H and O–H groups in total. The van der Waals surface area contributed by atoms with Crippen molar-refractivity contribution in [3.63, 3.8) is 0 Å². The van der Waals surface area contributed by atoms with E-state index in [1.54, 1.807) is 42.5 Å². The molecular weight excluding hydrogens is 542 g/mol. The van der Waals surface area contributed by atoms with Crippen LogP contribution in [-0.4, -0.2) is 15.0 Å². The number of hydrogen-bond acceptors (Lipinski definition) is 5. The van der Waals surface area contributed by atoms with Crippen LogP contribution in [0.2, 0.25) is 0 Å². The Labute approximate surface area is 267 Å². The summed E-state index contributed by atoms with van der Waals surface area (Å²) in [5, 5.41) is 1.46. The number of aromatic nitrogens is 3. The fourth-order valence-corrected chi connectivity index (χ4v) is 5.34. The number of hydrogen-bond donors (Lipinski definition) is 0. The van der Waals surface area contributed by atoms with Gasteiger partial charge in [0.1, 0.15) is 22.3 Å². The smallest absolute Gasteiger partial charge is 0.164 e. The van der Waals surface area contributed by atoms with Crippen molar-refractivity contribution in [3.05, 3.63) is 139 Å². The first kappa shape index (κ1) is 16.0. The molecule has 0 aliphatic heterocycles. The standard InChI is InChI=1S/C39H23N3O2/c1-3-11-24(12-4-1)37-40-38(25-13-5-2-6-14-25)42-39(41-37)26-21-22-28-30-17-10-19-32(36(30)44-34(28)23-26)31-18-9-16-29-27-15-7-8-20-33(27)43-35(29)31/h1-23H/i1D,3D,4D,10D,11D,12D,17D,19D,21D,22D,23D. The minimum Gasteiger partial charge on any atom is -0.455 e. The normalized spacial score (nSPS) is 15.1. The summed E-state index contributed by atoms with van der Waals surface area (Å²) in [6, 6.07) is 15.7. The zero-order chi connectivity index (χ0) is 38.6. The van der Waals surface area contributed by atoms with Crippen LogP contribution >= 0.6 is 0 Å². The highest BCUT2D eigenvalue weighted by Crippen LogP contribution is 2.41. The first-order chi connectivity index (χ1) is 26.4. The van der Waals surface area contributed by atoms with Gasteiger partial charge >= 0.3 is 0 Å². The van der Waals surface area contributed by atoms with Crippen LogP contribution in [0.5, 0.6) is 0 Å². The Kier molecular flexibility index (Phi) is 3.54. The molecule has 0 atom stereocenters. The van der Waals surface area contributed by atoms with E-state index in [9.17, 15) is 4.11 Å². The van der Waals surface area contributed by atoms with Gasteiger partial charge in [0.15, 0.2) is 17.5 Å². The molecule has 0 aliphatic carbocycles. The van der Waals surface area contributed by atoms with Gasteiger partial charge < -0.3 is 8.83 Å². The predicted molar refractivity (Wildman–Crippen MR) is 176 cm³/mol. The molecule has 0 fully saturated rings. The van der Waals surface area contributed by atoms with Crippen molar-refractivity contribution in [1.82, 2.24) is 15.0 Å². The van der Waals surface area contributed by atoms with E-state index in [-0.39, 0.29) is 62.1 Å². The molecule has 3 aromatic heterocycles. The first-order valence-corrected chi connectivity index (χ1v) is 13.6. The van der Waals surface area contributed by atoms with Gasteiger partial charge in [-0.05, 0) is 18.2 Å². The van der Waals surface area contributed by atoms with Gasteiger partial charge in [0.05, 0.1) is 15.1 Å². The number of nitrogens with zero attached hydrogens (tertiary/aromatic N) is 3. The Balaban J connectivity index is 1.36. The minimum absolute atomic E-state index is 0.00907. The highest BCUT2D eigenvalue weighted by atomic mass is 16.3. The number of para-hydroxylation sites is 3. The molecule has 6 aromatic carbocycles. The maximum Gasteiger partial charge on any atom is 0.164 e. The monoisotopic (exact) mass is 576 g/mol. The molecule has 0 amide bonds. The van der Waals surface area contributed by atoms with Crippen molar-refractivity contribution in [1.29, 1.82) is 0 Å². The third-order valence-electron chi connectivity index (χ3n) is 7.35. The van der Waals surface area contributed by atoms with E-state index >= 15 is 0 Å². The van der Waals surface area contributed by atoms with Crippen LogP contribution in [0.25, 0.3) is 89.2 Å². The van der Waals surface area contributed by atoms with Crippen LogP contribution in [0.3, 0.4) is 0 Å². The summed E-state index contributed by atoms with van der Waals surface area (Å²) < 4.78 is 109. The molecule has 0 saturated carbocycles. The molecule has 0 aliphatic rings. The lowest BCUT2D eigenvalue weighted by Crippen LogP contribution is -2.00. The van der Waals surface area contributed by atoms with Gasteiger partial charge in [-0.15, -0.1) is 0 Å². The fourth-order valence-electron chi connectivity index (χ4n) is 5.34. The molecule has 44 heavy (non-hydrogen) atoms. The van der Waals surface area contributed by atoms with Gasteiger partial charge in [0.25, 0.3) is 0 Å². The molecular formula is C39H23N3O2. The Morgan fingerprint density at radius 2 is 1.14 bits per heavy atom. The molecule has 0 radical (unpaired) electrons. The summed E-state index contributed by atoms with van der Waals surface area (Å²) in [6.45, 7) is 0. The third kappa shape index (κ3) is 3.91. The second kappa shape index (κ2) is 9.75. The van der Waals surface area contributed by atoms with Crippen molar-refractivity contribution in [3.8, 4) is 45.3 Å². The van der Waals surface area contributed by atoms with Crippen LogP contribution in [0, 0.1) is 0 Å². The quantitative estimate of drug-likeness (QED) is 0.209. The van der Waals surface area contributed by atoms with Gasteiger partial charge in [-0.1, -0.05) is 121 Å². The molecule has 0 unspecified atom stereocenters. The second-order valence-corrected chi connectivity index (χ2v) is 9.96. The second-order valence-electron chi connectivity index (χ2n) is 9.96. The van der Waals surface area contributed by atoms with E-state index in [2.05, 4.69) is 15.0 Å². The SMILES string of the molecule is [2H]c1c([2H])c([2H])c(-c2nc(-c3ccccc3)nc(-c3c([2H])c([2H])c4c(oc5c(-c6cccc7c6oc6ccccc67)c([2H])c([2H])c([2H])c54)c3[2H])n2)c([2H])c1[2H]. The molecule has 5 heteroatoms. The van der Waals surface area contributed by atoms with Crippen molar-refractivity contribution in [2.45, 2.75) is 0 Å². The van der Waals surface area contributed by atoms with Crippen LogP contribution in [0.15, 0.2) is 148 Å². The maximum absolute atomic E-state index is 9.41. The van der Waals surface area contributed by atoms with E-state index in [1.807, 2.05) is 30.3 Å². The molecule has 3 heterocycles. The lowest BCUT2D eigenvalue weighted by molar-refractivity contribution is 0.665. The molecule has 0 spiro atoms. The third-order valence-corrected chi connectivity index (χ3v) is 7.35. The minimum atomic E-state index is -0.610. The summed E-state index contributed by atoms with van der Waals surface area (Å²) >= 11 is 0. The average molecular weight is 577 g/mol. The zero-order valence-corrected chi connectivity index (χ0v) is 22.6. The first-order valence-electron chi connectivity index (χ1n) is 19.1. The predicted octanol–water partition coefficient (Wildman–Crippen LogP) is 10.3. The van der Waals surface area contributed by atoms with E-state index in [0.29, 0.717) is 22.3 Å². The van der Waals surface area contributed by atoms with Crippen molar-refractivity contribution >= 4 is 43.9 Å². The lowest BCUT2D eigenvalue weighted by Gasteiger charge is -2.08. The Hall–Kier alpha value is -6.07. The van der Waals surface area contributed by atoms with Crippen LogP contribution in [0.4, 0.5) is 0 Å². The average Bonchev–Trinajstić information content (AvgIpc) is 3.78. The molecule has 9 aromatic rings. The fraction of sp³-hybridized carbons (Fsp3) is 0. The Morgan fingerprint density at radius 1 is 0.432 bits per heavy atom. The van der Waals surface area contributed by atoms with Gasteiger partial charge in [-0.2, -0.15) is 0 Å². The summed E-state index contributed by atoms with van der Waals surface area (Å²) in [5.41, 5.74) is 1.09. The molecule has 9 rings (SSSR count). The van der Waals surface area contributed by atoms with Crippen molar-refractivity contribution in [2.75, 3.05) is 0 Å². The van der Waals surface area contributed by atoms with Gasteiger partial charge in [-0.25, -0.2) is 15.0 Å². The number of benzene rings is 6. The van der Waals surface area contributed by atoms with E-state index in [0.717, 1.165) is 10.8 Å². The van der Waals surface area contributed by atoms with Gasteiger partial charge in [0.2, 0.25) is 0 Å². The maximum atomic E-state index is 9.41. The number of fused-ring (bicyclic) bond motifs is 6. The Morgan fingerprint density at radius 3 is 2.00 bits per heavy atom. The van der Waals surface area contributed by atoms with Crippen molar-refractivity contribution < 1.29 is 23.9 Å². The van der Waals surface area contributed by atoms with Gasteiger partial charge in [0, 0.05) is 49.4 Å². The van der Waals surface area contributed by atoms with Gasteiger partial charge in [-0.3, -0.25) is 0 Å². The summed E-state index contributed by atoms with van der Waals surface area (Å²) in [6.07, 6.45) is 0. The molecule has 0 saturated heterocycles. The summed E-state index contributed by atoms with van der Waals surface area (Å²) in [7, 11) is 0. The summed E-state index contributed by atoms with van der Waals surface area (Å²) in [5.74, 6) is -0.611. The topological polar surface area (TPSA) is 65.0 Å². The van der Waals surface area contributed by atoms with E-state index in [1.165, 1.54) is 0 Å². The zero-order valence-electron chi connectivity index (χ0n) is 33.6. The van der Waals surface area contributed by atoms with Crippen LogP contribution in [-0.2, 0) is 0 Å².